The number of carbonyl (C=O) groups excluding carboxylic acids is 3. The number of anilines is 1. The van der Waals surface area contributed by atoms with Gasteiger partial charge in [-0.05, 0) is 62.8 Å². The zero-order chi connectivity index (χ0) is 26.2. The van der Waals surface area contributed by atoms with Crippen LogP contribution in [-0.4, -0.2) is 47.7 Å². The third kappa shape index (κ3) is 5.29. The Morgan fingerprint density at radius 1 is 1.17 bits per heavy atom. The Morgan fingerprint density at radius 3 is 2.56 bits per heavy atom. The summed E-state index contributed by atoms with van der Waals surface area (Å²) in [5.41, 5.74) is 1.61. The van der Waals surface area contributed by atoms with Gasteiger partial charge in [-0.25, -0.2) is 4.79 Å². The van der Waals surface area contributed by atoms with Crippen molar-refractivity contribution in [2.75, 3.05) is 18.5 Å². The van der Waals surface area contributed by atoms with Crippen LogP contribution < -0.4 is 21.1 Å². The van der Waals surface area contributed by atoms with Crippen LogP contribution >= 0.6 is 0 Å². The molecule has 36 heavy (non-hydrogen) atoms. The first kappa shape index (κ1) is 25.5. The Bertz CT molecular complexity index is 1260. The molecule has 2 atom stereocenters. The summed E-state index contributed by atoms with van der Waals surface area (Å²) in [6.07, 6.45) is 3.64. The highest BCUT2D eigenvalue weighted by Crippen LogP contribution is 2.34. The maximum atomic E-state index is 13.2. The quantitative estimate of drug-likeness (QED) is 0.641. The minimum atomic E-state index is -0.611. The first-order chi connectivity index (χ1) is 17.0. The molecule has 0 bridgehead atoms. The van der Waals surface area contributed by atoms with E-state index in [-0.39, 0.29) is 29.6 Å². The second-order valence-corrected chi connectivity index (χ2v) is 10.4. The molecule has 9 heteroatoms. The van der Waals surface area contributed by atoms with Crippen molar-refractivity contribution < 1.29 is 19.1 Å². The van der Waals surface area contributed by atoms with Gasteiger partial charge in [0.05, 0.1) is 17.8 Å². The maximum absolute atomic E-state index is 13.2. The Labute approximate surface area is 210 Å². The van der Waals surface area contributed by atoms with Crippen molar-refractivity contribution in [1.29, 1.82) is 0 Å². The lowest BCUT2D eigenvalue weighted by Crippen LogP contribution is -2.35. The molecule has 0 unspecified atom stereocenters. The standard InChI is InChI=1S/C27H34N4O5/c1-6-16-13-21(16)29-23(32)18-12-20(24(33)28-5)25(34)30(15-18)14-17-8-7-9-22-19(17)10-11-31(22)26(35)36-27(2,3)4/h7-9,12,15-16,21H,6,10-11,13-14H2,1-5H3,(H,28,33)(H,29,32)/t16-,21-/m0/s1. The van der Waals surface area contributed by atoms with E-state index in [9.17, 15) is 19.2 Å². The zero-order valence-corrected chi connectivity index (χ0v) is 21.5. The summed E-state index contributed by atoms with van der Waals surface area (Å²) in [5.74, 6) is -0.377. The number of hydrogen-bond acceptors (Lipinski definition) is 5. The van der Waals surface area contributed by atoms with Crippen LogP contribution in [0.5, 0.6) is 0 Å². The van der Waals surface area contributed by atoms with Crippen molar-refractivity contribution in [2.45, 2.75) is 65.1 Å². The third-order valence-electron chi connectivity index (χ3n) is 6.66. The number of nitrogens with one attached hydrogen (secondary N) is 2. The third-order valence-corrected chi connectivity index (χ3v) is 6.66. The molecule has 2 N–H and O–H groups in total. The lowest BCUT2D eigenvalue weighted by molar-refractivity contribution is 0.0583. The van der Waals surface area contributed by atoms with Gasteiger partial charge in [-0.1, -0.05) is 25.5 Å². The number of aromatic nitrogens is 1. The van der Waals surface area contributed by atoms with Crippen LogP contribution in [-0.2, 0) is 17.7 Å². The first-order valence-corrected chi connectivity index (χ1v) is 12.4. The van der Waals surface area contributed by atoms with Gasteiger partial charge in [-0.3, -0.25) is 19.3 Å². The fourth-order valence-electron chi connectivity index (χ4n) is 4.65. The Kier molecular flexibility index (Phi) is 6.93. The Hall–Kier alpha value is -3.62. The van der Waals surface area contributed by atoms with Gasteiger partial charge in [0, 0.05) is 25.8 Å². The van der Waals surface area contributed by atoms with E-state index < -0.39 is 23.2 Å². The van der Waals surface area contributed by atoms with Gasteiger partial charge < -0.3 is 19.9 Å². The number of hydrogen-bond donors (Lipinski definition) is 2. The van der Waals surface area contributed by atoms with E-state index in [0.717, 1.165) is 29.7 Å². The van der Waals surface area contributed by atoms with E-state index >= 15 is 0 Å². The monoisotopic (exact) mass is 494 g/mol. The average molecular weight is 495 g/mol. The van der Waals surface area contributed by atoms with E-state index in [1.807, 2.05) is 39.0 Å². The summed E-state index contributed by atoms with van der Waals surface area (Å²) in [6, 6.07) is 7.07. The molecule has 1 aliphatic heterocycles. The highest BCUT2D eigenvalue weighted by atomic mass is 16.6. The highest BCUT2D eigenvalue weighted by molar-refractivity contribution is 5.99. The van der Waals surface area contributed by atoms with E-state index in [1.54, 1.807) is 4.90 Å². The van der Waals surface area contributed by atoms with Gasteiger partial charge in [-0.2, -0.15) is 0 Å². The first-order valence-electron chi connectivity index (χ1n) is 12.4. The smallest absolute Gasteiger partial charge is 0.414 e. The predicted molar refractivity (Wildman–Crippen MR) is 137 cm³/mol. The van der Waals surface area contributed by atoms with Crippen molar-refractivity contribution >= 4 is 23.6 Å². The molecule has 1 aromatic carbocycles. The minimum absolute atomic E-state index is 0.0871. The molecule has 4 rings (SSSR count). The van der Waals surface area contributed by atoms with Crippen LogP contribution in [0.2, 0.25) is 0 Å². The normalized spacial score (nSPS) is 18.4. The number of benzene rings is 1. The topological polar surface area (TPSA) is 110 Å². The highest BCUT2D eigenvalue weighted by Gasteiger charge is 2.37. The lowest BCUT2D eigenvalue weighted by Gasteiger charge is -2.25. The predicted octanol–water partition coefficient (Wildman–Crippen LogP) is 3.08. The van der Waals surface area contributed by atoms with E-state index in [1.165, 1.54) is 23.9 Å². The molecule has 2 heterocycles. The molecule has 1 fully saturated rings. The fourth-order valence-corrected chi connectivity index (χ4v) is 4.65. The summed E-state index contributed by atoms with van der Waals surface area (Å²) in [4.78, 5) is 52.9. The molecule has 3 amide bonds. The van der Waals surface area contributed by atoms with Crippen molar-refractivity contribution in [3.8, 4) is 0 Å². The Morgan fingerprint density at radius 2 is 1.92 bits per heavy atom. The lowest BCUT2D eigenvalue weighted by atomic mass is 10.0. The minimum Gasteiger partial charge on any atom is -0.443 e. The van der Waals surface area contributed by atoms with Crippen LogP contribution in [0.1, 0.15) is 72.4 Å². The van der Waals surface area contributed by atoms with Gasteiger partial charge >= 0.3 is 6.09 Å². The summed E-state index contributed by atoms with van der Waals surface area (Å²) < 4.78 is 6.95. The SMILES string of the molecule is CC[C@H]1C[C@@H]1NC(=O)c1cc(C(=O)NC)c(=O)n(Cc2cccc3c2CCN3C(=O)OC(C)(C)C)c1. The number of amides is 3. The van der Waals surface area contributed by atoms with Crippen molar-refractivity contribution in [3.63, 3.8) is 0 Å². The second kappa shape index (κ2) is 9.79. The van der Waals surface area contributed by atoms with Gasteiger partial charge in [0.1, 0.15) is 11.2 Å². The number of fused-ring (bicyclic) bond motifs is 1. The second-order valence-electron chi connectivity index (χ2n) is 10.4. The van der Waals surface area contributed by atoms with Crippen molar-refractivity contribution in [1.82, 2.24) is 15.2 Å². The molecular weight excluding hydrogens is 460 g/mol. The maximum Gasteiger partial charge on any atom is 0.414 e. The van der Waals surface area contributed by atoms with Crippen LogP contribution in [0.25, 0.3) is 0 Å². The molecule has 1 aliphatic carbocycles. The molecule has 1 saturated carbocycles. The Balaban J connectivity index is 1.65. The number of ether oxygens (including phenoxy) is 1. The summed E-state index contributed by atoms with van der Waals surface area (Å²) >= 11 is 0. The van der Waals surface area contributed by atoms with Crippen LogP contribution in [0.3, 0.4) is 0 Å². The van der Waals surface area contributed by atoms with Crippen LogP contribution in [0, 0.1) is 5.92 Å². The average Bonchev–Trinajstić information content (AvgIpc) is 3.42. The van der Waals surface area contributed by atoms with Gasteiger partial charge in [-0.15, -0.1) is 0 Å². The van der Waals surface area contributed by atoms with E-state index in [0.29, 0.717) is 18.9 Å². The largest absolute Gasteiger partial charge is 0.443 e. The molecule has 192 valence electrons. The molecule has 0 radical (unpaired) electrons. The van der Waals surface area contributed by atoms with Gasteiger partial charge in [0.15, 0.2) is 0 Å². The molecular formula is C27H34N4O5. The van der Waals surface area contributed by atoms with Crippen LogP contribution in [0.4, 0.5) is 10.5 Å². The molecule has 2 aromatic rings. The zero-order valence-electron chi connectivity index (χ0n) is 21.5. The van der Waals surface area contributed by atoms with Gasteiger partial charge in [0.2, 0.25) is 0 Å². The molecule has 1 aromatic heterocycles. The number of carbonyl (C=O) groups is 3. The molecule has 9 nitrogen and oxygen atoms in total. The number of pyridine rings is 1. The summed E-state index contributed by atoms with van der Waals surface area (Å²) in [5, 5.41) is 5.49. The molecule has 0 saturated heterocycles. The van der Waals surface area contributed by atoms with Crippen molar-refractivity contribution in [2.24, 2.45) is 5.92 Å². The summed E-state index contributed by atoms with van der Waals surface area (Å²) in [6.45, 7) is 8.19. The van der Waals surface area contributed by atoms with E-state index in [2.05, 4.69) is 17.6 Å². The summed E-state index contributed by atoms with van der Waals surface area (Å²) in [7, 11) is 1.45. The van der Waals surface area contributed by atoms with E-state index in [4.69, 9.17) is 4.74 Å². The van der Waals surface area contributed by atoms with Crippen LogP contribution in [0.15, 0.2) is 35.3 Å². The van der Waals surface area contributed by atoms with Gasteiger partial charge in [0.25, 0.3) is 17.4 Å². The number of rotatable bonds is 6. The molecule has 2 aliphatic rings. The van der Waals surface area contributed by atoms with Crippen molar-refractivity contribution in [3.05, 3.63) is 63.1 Å². The number of nitrogens with zero attached hydrogens (tertiary/aromatic N) is 2. The fraction of sp³-hybridized carbons (Fsp3) is 0.481. The molecule has 0 spiro atoms.